The lowest BCUT2D eigenvalue weighted by Gasteiger charge is -2.23. The van der Waals surface area contributed by atoms with Crippen molar-refractivity contribution < 1.29 is 9.53 Å². The second-order valence-electron chi connectivity index (χ2n) is 7.84. The van der Waals surface area contributed by atoms with Crippen LogP contribution in [0.25, 0.3) is 0 Å². The van der Waals surface area contributed by atoms with E-state index in [4.69, 9.17) is 9.73 Å². The fourth-order valence-electron chi connectivity index (χ4n) is 4.32. The van der Waals surface area contributed by atoms with E-state index in [1.54, 1.807) is 18.4 Å². The largest absolute Gasteiger partial charge is 0.496 e. The highest BCUT2D eigenvalue weighted by Crippen LogP contribution is 2.40. The Morgan fingerprint density at radius 1 is 1.21 bits per heavy atom. The average molecular weight is 475 g/mol. The van der Waals surface area contributed by atoms with Crippen molar-refractivity contribution in [1.29, 1.82) is 0 Å². The van der Waals surface area contributed by atoms with E-state index in [1.165, 1.54) is 36.1 Å². The predicted octanol–water partition coefficient (Wildman–Crippen LogP) is 6.21. The van der Waals surface area contributed by atoms with Crippen molar-refractivity contribution in [3.8, 4) is 5.75 Å². The molecule has 0 radical (unpaired) electrons. The maximum atomic E-state index is 13.2. The maximum Gasteiger partial charge on any atom is 0.254 e. The highest BCUT2D eigenvalue weighted by molar-refractivity contribution is 9.10. The quantitative estimate of drug-likeness (QED) is 0.523. The minimum absolute atomic E-state index is 0.0599. The smallest absolute Gasteiger partial charge is 0.254 e. The summed E-state index contributed by atoms with van der Waals surface area (Å²) in [6, 6.07) is 6.15. The van der Waals surface area contributed by atoms with Crippen LogP contribution in [-0.2, 0) is 12.8 Å². The fraction of sp³-hybridized carbons (Fsp3) is 0.478. The number of hydrogen-bond donors (Lipinski definition) is 1. The van der Waals surface area contributed by atoms with Crippen LogP contribution in [0.2, 0.25) is 0 Å². The number of aliphatic imine (C=N–C) groups is 1. The third-order valence-corrected chi connectivity index (χ3v) is 7.53. The SMILES string of the molecule is COc1ccc(Br)cc1/C=N\c1sc2c(c1C(=O)NC1CCCCC1)CCCC2. The van der Waals surface area contributed by atoms with Crippen molar-refractivity contribution in [3.05, 3.63) is 44.2 Å². The first-order chi connectivity index (χ1) is 14.2. The van der Waals surface area contributed by atoms with Gasteiger partial charge < -0.3 is 10.1 Å². The van der Waals surface area contributed by atoms with Crippen molar-refractivity contribution in [2.24, 2.45) is 4.99 Å². The molecule has 0 aliphatic heterocycles. The van der Waals surface area contributed by atoms with Crippen molar-refractivity contribution >= 4 is 44.4 Å². The van der Waals surface area contributed by atoms with Crippen LogP contribution in [-0.4, -0.2) is 25.3 Å². The van der Waals surface area contributed by atoms with Gasteiger partial charge in [0.1, 0.15) is 10.8 Å². The third kappa shape index (κ3) is 4.75. The lowest BCUT2D eigenvalue weighted by molar-refractivity contribution is 0.0927. The van der Waals surface area contributed by atoms with Crippen molar-refractivity contribution in [3.63, 3.8) is 0 Å². The zero-order valence-corrected chi connectivity index (χ0v) is 19.2. The van der Waals surface area contributed by atoms with Gasteiger partial charge >= 0.3 is 0 Å². The summed E-state index contributed by atoms with van der Waals surface area (Å²) in [6.45, 7) is 0. The van der Waals surface area contributed by atoms with Crippen LogP contribution in [0.1, 0.15) is 71.3 Å². The number of fused-ring (bicyclic) bond motifs is 1. The molecule has 1 aromatic carbocycles. The number of thiophene rings is 1. The topological polar surface area (TPSA) is 50.7 Å². The molecule has 2 aromatic rings. The molecule has 4 nitrogen and oxygen atoms in total. The lowest BCUT2D eigenvalue weighted by atomic mass is 9.93. The number of rotatable bonds is 5. The number of carbonyl (C=O) groups excluding carboxylic acids is 1. The predicted molar refractivity (Wildman–Crippen MR) is 123 cm³/mol. The Balaban J connectivity index is 1.65. The molecule has 6 heteroatoms. The van der Waals surface area contributed by atoms with Crippen LogP contribution >= 0.6 is 27.3 Å². The second kappa shape index (κ2) is 9.43. The lowest BCUT2D eigenvalue weighted by Crippen LogP contribution is -2.36. The fourth-order valence-corrected chi connectivity index (χ4v) is 5.92. The first kappa shape index (κ1) is 20.6. The third-order valence-electron chi connectivity index (χ3n) is 5.83. The summed E-state index contributed by atoms with van der Waals surface area (Å²) in [4.78, 5) is 19.4. The van der Waals surface area contributed by atoms with Crippen LogP contribution < -0.4 is 10.1 Å². The number of carbonyl (C=O) groups is 1. The highest BCUT2D eigenvalue weighted by Gasteiger charge is 2.27. The van der Waals surface area contributed by atoms with Crippen molar-refractivity contribution in [2.75, 3.05) is 7.11 Å². The van der Waals surface area contributed by atoms with E-state index >= 15 is 0 Å². The summed E-state index contributed by atoms with van der Waals surface area (Å²) in [5.41, 5.74) is 2.93. The second-order valence-corrected chi connectivity index (χ2v) is 9.84. The standard InChI is InChI=1S/C23H27BrN2O2S/c1-28-19-12-11-16(24)13-15(19)14-25-23-21(18-9-5-6-10-20(18)29-23)22(27)26-17-7-3-2-4-8-17/h11-14,17H,2-10H2,1H3,(H,26,27)/b25-14-. The molecule has 4 rings (SSSR count). The van der Waals surface area contributed by atoms with E-state index in [9.17, 15) is 4.79 Å². The van der Waals surface area contributed by atoms with Gasteiger partial charge in [-0.15, -0.1) is 11.3 Å². The number of amides is 1. The molecular formula is C23H27BrN2O2S. The molecule has 1 aromatic heterocycles. The maximum absolute atomic E-state index is 13.2. The van der Waals surface area contributed by atoms with Crippen LogP contribution in [0.4, 0.5) is 5.00 Å². The van der Waals surface area contributed by atoms with Gasteiger partial charge in [0.2, 0.25) is 0 Å². The molecule has 2 aliphatic rings. The molecular weight excluding hydrogens is 448 g/mol. The van der Waals surface area contributed by atoms with Gasteiger partial charge in [-0.2, -0.15) is 0 Å². The summed E-state index contributed by atoms with van der Waals surface area (Å²) < 4.78 is 6.43. The zero-order chi connectivity index (χ0) is 20.2. The summed E-state index contributed by atoms with van der Waals surface area (Å²) in [7, 11) is 1.66. The van der Waals surface area contributed by atoms with Crippen LogP contribution in [0.15, 0.2) is 27.7 Å². The molecule has 1 saturated carbocycles. The number of methoxy groups -OCH3 is 1. The molecule has 1 heterocycles. The highest BCUT2D eigenvalue weighted by atomic mass is 79.9. The minimum Gasteiger partial charge on any atom is -0.496 e. The van der Waals surface area contributed by atoms with E-state index in [1.807, 2.05) is 24.4 Å². The molecule has 0 spiro atoms. The number of benzene rings is 1. The normalized spacial score (nSPS) is 17.3. The summed E-state index contributed by atoms with van der Waals surface area (Å²) in [6.07, 6.45) is 12.1. The van der Waals surface area contributed by atoms with Gasteiger partial charge in [-0.05, 0) is 62.3 Å². The minimum atomic E-state index is 0.0599. The molecule has 0 unspecified atom stereocenters. The molecule has 1 fully saturated rings. The van der Waals surface area contributed by atoms with Gasteiger partial charge in [-0.1, -0.05) is 35.2 Å². The number of halogens is 1. The van der Waals surface area contributed by atoms with Gasteiger partial charge in [-0.3, -0.25) is 4.79 Å². The van der Waals surface area contributed by atoms with E-state index < -0.39 is 0 Å². The van der Waals surface area contributed by atoms with E-state index in [-0.39, 0.29) is 5.91 Å². The Hall–Kier alpha value is -1.66. The summed E-state index contributed by atoms with van der Waals surface area (Å²) in [5.74, 6) is 0.830. The van der Waals surface area contributed by atoms with Crippen LogP contribution in [0.3, 0.4) is 0 Å². The number of nitrogens with one attached hydrogen (secondary N) is 1. The number of nitrogens with zero attached hydrogens (tertiary/aromatic N) is 1. The number of ether oxygens (including phenoxy) is 1. The Labute approximate surface area is 184 Å². The Bertz CT molecular complexity index is 916. The molecule has 0 saturated heterocycles. The Kier molecular flexibility index (Phi) is 6.70. The summed E-state index contributed by atoms with van der Waals surface area (Å²) in [5, 5.41) is 4.13. The Morgan fingerprint density at radius 2 is 2.00 bits per heavy atom. The van der Waals surface area contributed by atoms with E-state index in [0.717, 1.165) is 58.5 Å². The zero-order valence-electron chi connectivity index (χ0n) is 16.8. The molecule has 0 atom stereocenters. The van der Waals surface area contributed by atoms with Gasteiger partial charge in [0, 0.05) is 27.2 Å². The monoisotopic (exact) mass is 474 g/mol. The van der Waals surface area contributed by atoms with Gasteiger partial charge in [0.15, 0.2) is 0 Å². The van der Waals surface area contributed by atoms with Crippen molar-refractivity contribution in [1.82, 2.24) is 5.32 Å². The molecule has 1 N–H and O–H groups in total. The molecule has 1 amide bonds. The van der Waals surface area contributed by atoms with Crippen LogP contribution in [0, 0.1) is 0 Å². The Morgan fingerprint density at radius 3 is 2.79 bits per heavy atom. The summed E-state index contributed by atoms with van der Waals surface area (Å²) >= 11 is 5.19. The van der Waals surface area contributed by atoms with Crippen molar-refractivity contribution in [2.45, 2.75) is 63.8 Å². The molecule has 2 aliphatic carbocycles. The van der Waals surface area contributed by atoms with Crippen LogP contribution in [0.5, 0.6) is 5.75 Å². The number of hydrogen-bond acceptors (Lipinski definition) is 4. The molecule has 154 valence electrons. The molecule has 0 bridgehead atoms. The first-order valence-electron chi connectivity index (χ1n) is 10.5. The first-order valence-corrected chi connectivity index (χ1v) is 12.1. The van der Waals surface area contributed by atoms with Gasteiger partial charge in [0.25, 0.3) is 5.91 Å². The van der Waals surface area contributed by atoms with Gasteiger partial charge in [0.05, 0.1) is 12.7 Å². The molecule has 29 heavy (non-hydrogen) atoms. The average Bonchev–Trinajstić information content (AvgIpc) is 3.11. The van der Waals surface area contributed by atoms with Gasteiger partial charge in [-0.25, -0.2) is 4.99 Å². The van der Waals surface area contributed by atoms with E-state index in [0.29, 0.717) is 6.04 Å². The number of aryl methyl sites for hydroxylation is 1. The van der Waals surface area contributed by atoms with E-state index in [2.05, 4.69) is 21.2 Å².